The molecule has 1 aromatic carbocycles. The van der Waals surface area contributed by atoms with Crippen LogP contribution in [0.1, 0.15) is 18.1 Å². The maximum absolute atomic E-state index is 6.15. The molecule has 0 aromatic heterocycles. The van der Waals surface area contributed by atoms with E-state index in [1.165, 1.54) is 33.9 Å². The van der Waals surface area contributed by atoms with E-state index in [1.54, 1.807) is 0 Å². The Balaban J connectivity index is 2.07. The van der Waals surface area contributed by atoms with Crippen molar-refractivity contribution in [3.8, 4) is 0 Å². The zero-order valence-electron chi connectivity index (χ0n) is 9.57. The third-order valence-electron chi connectivity index (χ3n) is 3.54. The summed E-state index contributed by atoms with van der Waals surface area (Å²) in [6, 6.07) is 4.57. The molecule has 0 fully saturated rings. The Morgan fingerprint density at radius 2 is 2.31 bits per heavy atom. The summed E-state index contributed by atoms with van der Waals surface area (Å²) < 4.78 is 0. The third-order valence-corrected chi connectivity index (χ3v) is 4.65. The van der Waals surface area contributed by atoms with Gasteiger partial charge < -0.3 is 10.6 Å². The highest BCUT2D eigenvalue weighted by molar-refractivity contribution is 7.99. The first-order chi connectivity index (χ1) is 7.81. The Bertz CT molecular complexity index is 417. The number of nitrogens with zero attached hydrogens (tertiary/aromatic N) is 1. The zero-order valence-corrected chi connectivity index (χ0v) is 10.4. The molecule has 1 atom stereocenters. The second-order valence-corrected chi connectivity index (χ2v) is 5.55. The lowest BCUT2D eigenvalue weighted by atomic mass is 10.1. The number of nitrogens with two attached hydrogens (primary N) is 1. The van der Waals surface area contributed by atoms with Gasteiger partial charge in [0.25, 0.3) is 0 Å². The maximum Gasteiger partial charge on any atom is 0.0800 e. The van der Waals surface area contributed by atoms with Gasteiger partial charge in [0.05, 0.1) is 6.17 Å². The van der Waals surface area contributed by atoms with Gasteiger partial charge in [0.15, 0.2) is 0 Å². The first kappa shape index (κ1) is 10.5. The maximum atomic E-state index is 6.15. The minimum atomic E-state index is 0.0679. The number of benzene rings is 1. The fourth-order valence-electron chi connectivity index (χ4n) is 2.70. The molecule has 0 amide bonds. The fourth-order valence-corrected chi connectivity index (χ4v) is 3.76. The van der Waals surface area contributed by atoms with Crippen LogP contribution in [0.15, 0.2) is 17.0 Å². The number of hydrogen-bond donors (Lipinski definition) is 1. The highest BCUT2D eigenvalue weighted by Gasteiger charge is 2.28. The summed E-state index contributed by atoms with van der Waals surface area (Å²) in [4.78, 5) is 3.83. The predicted molar refractivity (Wildman–Crippen MR) is 69.9 cm³/mol. The van der Waals surface area contributed by atoms with Gasteiger partial charge in [0.1, 0.15) is 0 Å². The molecule has 2 aliphatic rings. The van der Waals surface area contributed by atoms with Crippen LogP contribution in [0.2, 0.25) is 0 Å². The second-order valence-electron chi connectivity index (χ2n) is 4.42. The van der Waals surface area contributed by atoms with Crippen molar-refractivity contribution in [1.82, 2.24) is 0 Å². The summed E-state index contributed by atoms with van der Waals surface area (Å²) in [5.41, 5.74) is 10.6. The molecule has 3 rings (SSSR count). The predicted octanol–water partition coefficient (Wildman–Crippen LogP) is 2.21. The summed E-state index contributed by atoms with van der Waals surface area (Å²) in [6.45, 7) is 3.11. The number of anilines is 1. The number of rotatable bonds is 2. The van der Waals surface area contributed by atoms with Crippen LogP contribution in [0.4, 0.5) is 5.69 Å². The smallest absolute Gasteiger partial charge is 0.0800 e. The van der Waals surface area contributed by atoms with Gasteiger partial charge in [-0.15, -0.1) is 11.8 Å². The standard InChI is InChI=1S/C13H17N2S/c1-2-12(14)15-7-5-9-3-4-11-10(13(9)15)6-8-16-11/h2-4,12H,5-8,14H2,1H3. The lowest BCUT2D eigenvalue weighted by Gasteiger charge is -2.27. The van der Waals surface area contributed by atoms with E-state index in [9.17, 15) is 0 Å². The minimum Gasteiger partial charge on any atom is -0.355 e. The topological polar surface area (TPSA) is 29.3 Å². The summed E-state index contributed by atoms with van der Waals surface area (Å²) in [5, 5.41) is 0. The number of thioether (sulfide) groups is 1. The van der Waals surface area contributed by atoms with Crippen LogP contribution < -0.4 is 10.6 Å². The molecular weight excluding hydrogens is 216 g/mol. The Hall–Kier alpha value is -0.670. The molecule has 0 saturated heterocycles. The van der Waals surface area contributed by atoms with Crippen molar-refractivity contribution in [3.63, 3.8) is 0 Å². The monoisotopic (exact) mass is 233 g/mol. The van der Waals surface area contributed by atoms with Gasteiger partial charge in [-0.1, -0.05) is 13.0 Å². The van der Waals surface area contributed by atoms with Crippen molar-refractivity contribution in [2.24, 2.45) is 5.73 Å². The van der Waals surface area contributed by atoms with Crippen molar-refractivity contribution >= 4 is 17.4 Å². The van der Waals surface area contributed by atoms with Crippen molar-refractivity contribution in [2.45, 2.75) is 30.8 Å². The largest absolute Gasteiger partial charge is 0.355 e. The van der Waals surface area contributed by atoms with Crippen LogP contribution in [0.25, 0.3) is 0 Å². The Morgan fingerprint density at radius 3 is 3.12 bits per heavy atom. The fraction of sp³-hybridized carbons (Fsp3) is 0.462. The molecule has 0 bridgehead atoms. The van der Waals surface area contributed by atoms with Gasteiger partial charge in [-0.2, -0.15) is 0 Å². The molecule has 2 heterocycles. The lowest BCUT2D eigenvalue weighted by molar-refractivity contribution is 0.696. The van der Waals surface area contributed by atoms with E-state index >= 15 is 0 Å². The van der Waals surface area contributed by atoms with Gasteiger partial charge in [-0.05, 0) is 36.5 Å². The summed E-state index contributed by atoms with van der Waals surface area (Å²) in [6.07, 6.45) is 4.50. The first-order valence-corrected chi connectivity index (χ1v) is 6.89. The molecule has 1 unspecified atom stereocenters. The molecular formula is C13H17N2S. The van der Waals surface area contributed by atoms with Gasteiger partial charge in [-0.25, -0.2) is 0 Å². The van der Waals surface area contributed by atoms with E-state index in [0.717, 1.165) is 13.0 Å². The van der Waals surface area contributed by atoms with Crippen LogP contribution in [0.5, 0.6) is 0 Å². The van der Waals surface area contributed by atoms with Crippen molar-refractivity contribution in [1.29, 1.82) is 0 Å². The number of hydrogen-bond acceptors (Lipinski definition) is 3. The summed E-state index contributed by atoms with van der Waals surface area (Å²) in [7, 11) is 0. The van der Waals surface area contributed by atoms with Gasteiger partial charge >= 0.3 is 0 Å². The molecule has 2 nitrogen and oxygen atoms in total. The first-order valence-electron chi connectivity index (χ1n) is 5.90. The molecule has 0 aliphatic carbocycles. The molecule has 0 saturated carbocycles. The van der Waals surface area contributed by atoms with Crippen LogP contribution in [0, 0.1) is 6.42 Å². The SMILES string of the molecule is C[CH]C(N)N1CCc2ccc3c(c21)CCS3. The van der Waals surface area contributed by atoms with Crippen molar-refractivity contribution in [3.05, 3.63) is 29.7 Å². The van der Waals surface area contributed by atoms with Crippen molar-refractivity contribution in [2.75, 3.05) is 17.2 Å². The molecule has 16 heavy (non-hydrogen) atoms. The molecule has 1 aromatic rings. The Morgan fingerprint density at radius 1 is 1.44 bits per heavy atom. The average molecular weight is 233 g/mol. The molecule has 2 aliphatic heterocycles. The molecule has 0 spiro atoms. The van der Waals surface area contributed by atoms with E-state index in [2.05, 4.69) is 23.5 Å². The van der Waals surface area contributed by atoms with Gasteiger partial charge in [0, 0.05) is 22.9 Å². The van der Waals surface area contributed by atoms with E-state index in [4.69, 9.17) is 5.73 Å². The normalized spacial score (nSPS) is 19.8. The quantitative estimate of drug-likeness (QED) is 0.849. The molecule has 85 valence electrons. The minimum absolute atomic E-state index is 0.0679. The van der Waals surface area contributed by atoms with E-state index in [1.807, 2.05) is 18.7 Å². The van der Waals surface area contributed by atoms with Crippen LogP contribution in [-0.2, 0) is 12.8 Å². The molecule has 2 N–H and O–H groups in total. The summed E-state index contributed by atoms with van der Waals surface area (Å²) in [5.74, 6) is 1.23. The zero-order chi connectivity index (χ0) is 11.1. The van der Waals surface area contributed by atoms with Gasteiger partial charge in [0.2, 0.25) is 0 Å². The summed E-state index contributed by atoms with van der Waals surface area (Å²) >= 11 is 1.98. The Kier molecular flexibility index (Phi) is 2.60. The highest BCUT2D eigenvalue weighted by Crippen LogP contribution is 2.42. The second kappa shape index (κ2) is 3.97. The third kappa shape index (κ3) is 1.45. The number of fused-ring (bicyclic) bond motifs is 3. The molecule has 1 radical (unpaired) electrons. The van der Waals surface area contributed by atoms with Crippen LogP contribution >= 0.6 is 11.8 Å². The van der Waals surface area contributed by atoms with E-state index in [-0.39, 0.29) is 6.17 Å². The van der Waals surface area contributed by atoms with Crippen molar-refractivity contribution < 1.29 is 0 Å². The average Bonchev–Trinajstić information content (AvgIpc) is 2.92. The molecule has 3 heteroatoms. The van der Waals surface area contributed by atoms with Gasteiger partial charge in [-0.3, -0.25) is 0 Å². The lowest BCUT2D eigenvalue weighted by Crippen LogP contribution is -2.41. The van der Waals surface area contributed by atoms with Crippen LogP contribution in [-0.4, -0.2) is 18.5 Å². The highest BCUT2D eigenvalue weighted by atomic mass is 32.2. The van der Waals surface area contributed by atoms with E-state index < -0.39 is 0 Å². The Labute approximate surface area is 101 Å². The van der Waals surface area contributed by atoms with E-state index in [0.29, 0.717) is 0 Å². The van der Waals surface area contributed by atoms with Crippen LogP contribution in [0.3, 0.4) is 0 Å².